The number of hydrogen-bond acceptors (Lipinski definition) is 7. The van der Waals surface area contributed by atoms with E-state index in [9.17, 15) is 19.5 Å². The van der Waals surface area contributed by atoms with Crippen LogP contribution in [-0.4, -0.2) is 82.3 Å². The molecule has 3 amide bonds. The van der Waals surface area contributed by atoms with E-state index in [1.165, 1.54) is 16.7 Å². The van der Waals surface area contributed by atoms with Gasteiger partial charge in [0.1, 0.15) is 0 Å². The molecular formula is C30H38N4O5S. The van der Waals surface area contributed by atoms with Gasteiger partial charge in [-0.2, -0.15) is 0 Å². The number of carbonyl (C=O) groups excluding carboxylic acids is 3. The van der Waals surface area contributed by atoms with Crippen LogP contribution in [0.15, 0.2) is 48.5 Å². The van der Waals surface area contributed by atoms with Crippen LogP contribution in [-0.2, 0) is 27.2 Å². The highest BCUT2D eigenvalue weighted by Crippen LogP contribution is 2.39. The zero-order valence-corrected chi connectivity index (χ0v) is 23.8. The molecule has 3 aliphatic rings. The van der Waals surface area contributed by atoms with Gasteiger partial charge >= 0.3 is 0 Å². The second-order valence-corrected chi connectivity index (χ2v) is 13.1. The fourth-order valence-electron chi connectivity index (χ4n) is 5.65. The van der Waals surface area contributed by atoms with Gasteiger partial charge in [-0.05, 0) is 62.8 Å². The van der Waals surface area contributed by atoms with E-state index in [0.717, 1.165) is 42.6 Å². The molecule has 40 heavy (non-hydrogen) atoms. The highest BCUT2D eigenvalue weighted by Gasteiger charge is 2.47. The Balaban J connectivity index is 1.34. The predicted molar refractivity (Wildman–Crippen MR) is 155 cm³/mol. The summed E-state index contributed by atoms with van der Waals surface area (Å²) >= 11 is 1.40. The number of nitrogens with zero attached hydrogens (tertiary/aromatic N) is 1. The van der Waals surface area contributed by atoms with Crippen molar-refractivity contribution in [3.63, 3.8) is 0 Å². The van der Waals surface area contributed by atoms with Crippen LogP contribution in [0.2, 0.25) is 0 Å². The summed E-state index contributed by atoms with van der Waals surface area (Å²) in [6, 6.07) is 14.1. The molecular weight excluding hydrogens is 528 g/mol. The molecule has 10 heteroatoms. The lowest BCUT2D eigenvalue weighted by atomic mass is 9.98. The zero-order valence-electron chi connectivity index (χ0n) is 23.0. The summed E-state index contributed by atoms with van der Waals surface area (Å²) in [6.07, 6.45) is 1.30. The molecule has 4 N–H and O–H groups in total. The molecule has 9 nitrogen and oxygen atoms in total. The van der Waals surface area contributed by atoms with E-state index in [2.05, 4.69) is 16.0 Å². The summed E-state index contributed by atoms with van der Waals surface area (Å²) in [4.78, 5) is 42.0. The second-order valence-electron chi connectivity index (χ2n) is 11.3. The lowest BCUT2D eigenvalue weighted by Crippen LogP contribution is -2.56. The van der Waals surface area contributed by atoms with Gasteiger partial charge in [0.05, 0.1) is 12.1 Å². The maximum absolute atomic E-state index is 13.8. The van der Waals surface area contributed by atoms with Gasteiger partial charge in [-0.3, -0.25) is 14.4 Å². The summed E-state index contributed by atoms with van der Waals surface area (Å²) < 4.78 is 5.24. The van der Waals surface area contributed by atoms with Gasteiger partial charge in [0.25, 0.3) is 17.7 Å². The quantitative estimate of drug-likeness (QED) is 0.368. The third kappa shape index (κ3) is 6.45. The van der Waals surface area contributed by atoms with Crippen molar-refractivity contribution in [2.45, 2.75) is 67.9 Å². The van der Waals surface area contributed by atoms with Gasteiger partial charge in [-0.25, -0.2) is 0 Å². The van der Waals surface area contributed by atoms with Crippen molar-refractivity contribution >= 4 is 35.2 Å². The fourth-order valence-corrected chi connectivity index (χ4v) is 6.96. The normalized spacial score (nSPS) is 22.7. The van der Waals surface area contributed by atoms with E-state index in [1.807, 2.05) is 56.3 Å². The Morgan fingerprint density at radius 2 is 1.98 bits per heavy atom. The van der Waals surface area contributed by atoms with Crippen molar-refractivity contribution < 1.29 is 24.2 Å². The number of aliphatic hydroxyl groups excluding tert-OH is 1. The molecule has 0 aromatic heterocycles. The lowest BCUT2D eigenvalue weighted by molar-refractivity contribution is -0.145. The molecule has 3 aliphatic heterocycles. The number of hydrogen-bond donors (Lipinski definition) is 4. The third-order valence-electron chi connectivity index (χ3n) is 7.66. The predicted octanol–water partition coefficient (Wildman–Crippen LogP) is 2.33. The number of thioether (sulfide) groups is 1. The molecule has 4 atom stereocenters. The lowest BCUT2D eigenvalue weighted by Gasteiger charge is -2.30. The average molecular weight is 567 g/mol. The second kappa shape index (κ2) is 12.2. The van der Waals surface area contributed by atoms with Gasteiger partial charge in [0.15, 0.2) is 11.5 Å². The standard InChI is InChI=1S/C30H38N4O5S/c1-30(2)18-34(29(40-30)27(37)32-17-20-10-7-15-39-20)28(38)25(35)24(16-19-8-4-3-5-9-19)33-26(36)22-11-6-12-23-21(22)13-14-31-23/h3-6,8-9,11-12,20,24-25,29,31,35H,7,10,13-18H2,1-2H3,(H,32,37)(H,33,36)/t20-,24+,25+,29-/m1/s1. The summed E-state index contributed by atoms with van der Waals surface area (Å²) in [5.41, 5.74) is 3.27. The number of rotatable bonds is 9. The van der Waals surface area contributed by atoms with E-state index in [0.29, 0.717) is 25.3 Å². The fraction of sp³-hybridized carbons (Fsp3) is 0.500. The first-order valence-corrected chi connectivity index (χ1v) is 14.9. The maximum Gasteiger partial charge on any atom is 0.254 e. The minimum absolute atomic E-state index is 0.0156. The zero-order chi connectivity index (χ0) is 28.3. The Kier molecular flexibility index (Phi) is 8.68. The van der Waals surface area contributed by atoms with Crippen LogP contribution < -0.4 is 16.0 Å². The molecule has 2 saturated heterocycles. The summed E-state index contributed by atoms with van der Waals surface area (Å²) in [5, 5.41) is 19.9. The number of fused-ring (bicyclic) bond motifs is 1. The van der Waals surface area contributed by atoms with Gasteiger partial charge in [0, 0.05) is 42.2 Å². The highest BCUT2D eigenvalue weighted by atomic mass is 32.2. The number of carbonyl (C=O) groups is 3. The van der Waals surface area contributed by atoms with Gasteiger partial charge < -0.3 is 30.7 Å². The van der Waals surface area contributed by atoms with Crippen molar-refractivity contribution in [3.8, 4) is 0 Å². The smallest absolute Gasteiger partial charge is 0.254 e. The molecule has 3 heterocycles. The maximum atomic E-state index is 13.8. The molecule has 5 rings (SSSR count). The Bertz CT molecular complexity index is 1230. The molecule has 2 fully saturated rings. The van der Waals surface area contributed by atoms with E-state index >= 15 is 0 Å². The SMILES string of the molecule is CC1(C)CN(C(=O)[C@@H](O)[C@H](Cc2ccccc2)NC(=O)c2cccc3c2CCN3)[C@@H](C(=O)NC[C@H]2CCCO2)S1. The van der Waals surface area contributed by atoms with Crippen molar-refractivity contribution in [1.82, 2.24) is 15.5 Å². The monoisotopic (exact) mass is 566 g/mol. The summed E-state index contributed by atoms with van der Waals surface area (Å²) in [5.74, 6) is -1.19. The van der Waals surface area contributed by atoms with E-state index in [1.54, 1.807) is 6.07 Å². The Hall–Kier alpha value is -3.08. The molecule has 0 unspecified atom stereocenters. The Morgan fingerprint density at radius 1 is 1.18 bits per heavy atom. The molecule has 0 radical (unpaired) electrons. The molecule has 0 saturated carbocycles. The molecule has 0 bridgehead atoms. The van der Waals surface area contributed by atoms with Crippen LogP contribution in [0, 0.1) is 0 Å². The molecule has 2 aromatic rings. The van der Waals surface area contributed by atoms with Crippen LogP contribution in [0.1, 0.15) is 48.2 Å². The topological polar surface area (TPSA) is 120 Å². The summed E-state index contributed by atoms with van der Waals surface area (Å²) in [6.45, 7) is 6.10. The Labute approximate surface area is 239 Å². The minimum atomic E-state index is -1.54. The molecule has 2 aromatic carbocycles. The van der Waals surface area contributed by atoms with Crippen LogP contribution >= 0.6 is 11.8 Å². The van der Waals surface area contributed by atoms with E-state index < -0.39 is 23.4 Å². The highest BCUT2D eigenvalue weighted by molar-refractivity contribution is 8.02. The molecule has 0 aliphatic carbocycles. The van der Waals surface area contributed by atoms with E-state index in [-0.39, 0.29) is 29.1 Å². The van der Waals surface area contributed by atoms with Crippen molar-refractivity contribution in [1.29, 1.82) is 0 Å². The number of ether oxygens (including phenoxy) is 1. The first kappa shape index (κ1) is 28.4. The molecule has 214 valence electrons. The number of nitrogens with one attached hydrogen (secondary N) is 3. The molecule has 0 spiro atoms. The number of amides is 3. The van der Waals surface area contributed by atoms with E-state index in [4.69, 9.17) is 4.74 Å². The largest absolute Gasteiger partial charge is 0.384 e. The third-order valence-corrected chi connectivity index (χ3v) is 9.12. The van der Waals surface area contributed by atoms with Gasteiger partial charge in [-0.1, -0.05) is 36.4 Å². The van der Waals surface area contributed by atoms with Crippen molar-refractivity contribution in [2.75, 3.05) is 31.6 Å². The Morgan fingerprint density at radius 3 is 2.73 bits per heavy atom. The minimum Gasteiger partial charge on any atom is -0.384 e. The van der Waals surface area contributed by atoms with Crippen LogP contribution in [0.3, 0.4) is 0 Å². The first-order valence-electron chi connectivity index (χ1n) is 14.0. The van der Waals surface area contributed by atoms with Crippen molar-refractivity contribution in [2.24, 2.45) is 0 Å². The van der Waals surface area contributed by atoms with Crippen LogP contribution in [0.5, 0.6) is 0 Å². The van der Waals surface area contributed by atoms with Crippen LogP contribution in [0.4, 0.5) is 5.69 Å². The number of aliphatic hydroxyl groups is 1. The number of anilines is 1. The van der Waals surface area contributed by atoms with Gasteiger partial charge in [-0.15, -0.1) is 11.8 Å². The number of benzene rings is 2. The van der Waals surface area contributed by atoms with Crippen molar-refractivity contribution in [3.05, 3.63) is 65.2 Å². The van der Waals surface area contributed by atoms with Crippen LogP contribution in [0.25, 0.3) is 0 Å². The first-order chi connectivity index (χ1) is 19.2. The summed E-state index contributed by atoms with van der Waals surface area (Å²) in [7, 11) is 0. The average Bonchev–Trinajstić information content (AvgIpc) is 3.71. The van der Waals surface area contributed by atoms with Gasteiger partial charge in [0.2, 0.25) is 0 Å².